The quantitative estimate of drug-likeness (QED) is 0.743. The van der Waals surface area contributed by atoms with Crippen LogP contribution in [0.4, 0.5) is 0 Å². The van der Waals surface area contributed by atoms with Crippen LogP contribution in [0.3, 0.4) is 0 Å². The van der Waals surface area contributed by atoms with Crippen LogP contribution in [-0.2, 0) is 0 Å². The second-order valence-electron chi connectivity index (χ2n) is 3.33. The van der Waals surface area contributed by atoms with Crippen LogP contribution in [0.25, 0.3) is 0 Å². The minimum atomic E-state index is 0.551. The van der Waals surface area contributed by atoms with Crippen LogP contribution in [0.5, 0.6) is 0 Å². The molecule has 2 nitrogen and oxygen atoms in total. The van der Waals surface area contributed by atoms with Crippen molar-refractivity contribution < 1.29 is 5.11 Å². The summed E-state index contributed by atoms with van der Waals surface area (Å²) in [6, 6.07) is 7.76. The summed E-state index contributed by atoms with van der Waals surface area (Å²) in [5.41, 5.74) is 2.35. The standard InChI is InChI=1S/C11H10NO/c12-6-11-9(7-13)2-1-3-10(11)8-4-5-8/h1-3,7-8,13H,4-5H2. The molecule has 0 saturated heterocycles. The van der Waals surface area contributed by atoms with Gasteiger partial charge in [0.2, 0.25) is 0 Å². The molecule has 0 unspecified atom stereocenters. The van der Waals surface area contributed by atoms with E-state index in [1.54, 1.807) is 6.07 Å². The summed E-state index contributed by atoms with van der Waals surface area (Å²) in [6.07, 6.45) is 2.34. The number of nitriles is 1. The summed E-state index contributed by atoms with van der Waals surface area (Å²) in [7, 11) is 0. The SMILES string of the molecule is N#Cc1c([CH]O)cccc1C1CC1. The number of hydrogen-bond donors (Lipinski definition) is 1. The lowest BCUT2D eigenvalue weighted by atomic mass is 9.99. The Bertz CT molecular complexity index is 361. The molecule has 0 spiro atoms. The van der Waals surface area contributed by atoms with Gasteiger partial charge in [-0.05, 0) is 24.3 Å². The van der Waals surface area contributed by atoms with E-state index in [-0.39, 0.29) is 0 Å². The maximum atomic E-state index is 8.93. The largest absolute Gasteiger partial charge is 0.385 e. The highest BCUT2D eigenvalue weighted by Crippen LogP contribution is 2.42. The van der Waals surface area contributed by atoms with Crippen LogP contribution in [0, 0.1) is 17.9 Å². The number of benzene rings is 1. The number of aliphatic hydroxyl groups is 1. The minimum absolute atomic E-state index is 0.551. The minimum Gasteiger partial charge on any atom is -0.385 e. The predicted octanol–water partition coefficient (Wildman–Crippen LogP) is 2.32. The lowest BCUT2D eigenvalue weighted by Gasteiger charge is -2.04. The summed E-state index contributed by atoms with van der Waals surface area (Å²) < 4.78 is 0. The molecule has 0 atom stereocenters. The van der Waals surface area contributed by atoms with Crippen molar-refractivity contribution in [1.29, 1.82) is 5.26 Å². The molecule has 0 aliphatic heterocycles. The Morgan fingerprint density at radius 2 is 2.23 bits per heavy atom. The zero-order valence-corrected chi connectivity index (χ0v) is 7.20. The van der Waals surface area contributed by atoms with Gasteiger partial charge in [0, 0.05) is 5.56 Å². The molecule has 2 heteroatoms. The topological polar surface area (TPSA) is 44.0 Å². The molecule has 0 aromatic heterocycles. The van der Waals surface area contributed by atoms with Crippen molar-refractivity contribution in [2.75, 3.05) is 0 Å². The summed E-state index contributed by atoms with van der Waals surface area (Å²) in [5.74, 6) is 0.551. The van der Waals surface area contributed by atoms with E-state index in [0.29, 0.717) is 17.0 Å². The summed E-state index contributed by atoms with van der Waals surface area (Å²) in [4.78, 5) is 0. The Hall–Kier alpha value is -1.33. The first-order valence-corrected chi connectivity index (χ1v) is 4.37. The Labute approximate surface area is 77.4 Å². The third-order valence-corrected chi connectivity index (χ3v) is 2.40. The molecule has 0 heterocycles. The van der Waals surface area contributed by atoms with E-state index in [4.69, 9.17) is 10.4 Å². The first kappa shape index (κ1) is 8.28. The monoisotopic (exact) mass is 172 g/mol. The fourth-order valence-corrected chi connectivity index (χ4v) is 1.56. The van der Waals surface area contributed by atoms with Gasteiger partial charge in [0.25, 0.3) is 0 Å². The molecule has 1 radical (unpaired) electrons. The normalized spacial score (nSPS) is 15.4. The lowest BCUT2D eigenvalue weighted by molar-refractivity contribution is 0.414. The zero-order valence-electron chi connectivity index (χ0n) is 7.20. The van der Waals surface area contributed by atoms with Gasteiger partial charge in [-0.25, -0.2) is 0 Å². The van der Waals surface area contributed by atoms with Gasteiger partial charge < -0.3 is 5.11 Å². The van der Waals surface area contributed by atoms with Crippen molar-refractivity contribution in [3.8, 4) is 6.07 Å². The Balaban J connectivity index is 2.49. The molecule has 65 valence electrons. The van der Waals surface area contributed by atoms with E-state index in [1.807, 2.05) is 12.1 Å². The third-order valence-electron chi connectivity index (χ3n) is 2.40. The molecule has 1 aliphatic rings. The van der Waals surface area contributed by atoms with Gasteiger partial charge in [-0.15, -0.1) is 0 Å². The summed E-state index contributed by atoms with van der Waals surface area (Å²) in [6.45, 7) is 1.00. The van der Waals surface area contributed by atoms with Crippen LogP contribution in [-0.4, -0.2) is 5.11 Å². The zero-order chi connectivity index (χ0) is 9.26. The second kappa shape index (κ2) is 3.20. The van der Waals surface area contributed by atoms with Crippen LogP contribution < -0.4 is 0 Å². The molecule has 1 fully saturated rings. The van der Waals surface area contributed by atoms with Crippen molar-refractivity contribution in [2.45, 2.75) is 18.8 Å². The van der Waals surface area contributed by atoms with Crippen molar-refractivity contribution in [1.82, 2.24) is 0 Å². The average molecular weight is 172 g/mol. The van der Waals surface area contributed by atoms with Crippen molar-refractivity contribution in [3.63, 3.8) is 0 Å². The predicted molar refractivity (Wildman–Crippen MR) is 48.5 cm³/mol. The first-order chi connectivity index (χ1) is 6.36. The number of nitrogens with zero attached hydrogens (tertiary/aromatic N) is 1. The van der Waals surface area contributed by atoms with E-state index >= 15 is 0 Å². The van der Waals surface area contributed by atoms with Gasteiger partial charge in [0.15, 0.2) is 0 Å². The first-order valence-electron chi connectivity index (χ1n) is 4.37. The maximum absolute atomic E-state index is 8.93. The molecule has 1 aromatic rings. The highest BCUT2D eigenvalue weighted by Gasteiger charge is 2.26. The molecule has 1 aromatic carbocycles. The van der Waals surface area contributed by atoms with Gasteiger partial charge in [-0.1, -0.05) is 18.2 Å². The molecule has 13 heavy (non-hydrogen) atoms. The summed E-state index contributed by atoms with van der Waals surface area (Å²) in [5, 5.41) is 17.8. The maximum Gasteiger partial charge on any atom is 0.110 e. The molecule has 0 amide bonds. The Morgan fingerprint density at radius 3 is 2.77 bits per heavy atom. The lowest BCUT2D eigenvalue weighted by Crippen LogP contribution is -1.93. The number of aliphatic hydroxyl groups excluding tert-OH is 1. The smallest absolute Gasteiger partial charge is 0.110 e. The van der Waals surface area contributed by atoms with E-state index < -0.39 is 0 Å². The van der Waals surface area contributed by atoms with Gasteiger partial charge in [0.1, 0.15) is 6.61 Å². The highest BCUT2D eigenvalue weighted by molar-refractivity contribution is 5.49. The van der Waals surface area contributed by atoms with E-state index in [9.17, 15) is 0 Å². The van der Waals surface area contributed by atoms with Gasteiger partial charge in [-0.2, -0.15) is 5.26 Å². The van der Waals surface area contributed by atoms with E-state index in [1.165, 1.54) is 12.8 Å². The van der Waals surface area contributed by atoms with E-state index in [0.717, 1.165) is 12.2 Å². The van der Waals surface area contributed by atoms with Gasteiger partial charge >= 0.3 is 0 Å². The molecule has 1 N–H and O–H groups in total. The number of rotatable bonds is 2. The van der Waals surface area contributed by atoms with Crippen molar-refractivity contribution >= 4 is 0 Å². The van der Waals surface area contributed by atoms with E-state index in [2.05, 4.69) is 6.07 Å². The van der Waals surface area contributed by atoms with Crippen LogP contribution in [0.15, 0.2) is 18.2 Å². The second-order valence-corrected chi connectivity index (χ2v) is 3.33. The van der Waals surface area contributed by atoms with Crippen LogP contribution in [0.2, 0.25) is 0 Å². The summed E-state index contributed by atoms with van der Waals surface area (Å²) >= 11 is 0. The van der Waals surface area contributed by atoms with Crippen LogP contribution in [0.1, 0.15) is 35.4 Å². The molecular weight excluding hydrogens is 162 g/mol. The molecule has 1 aliphatic carbocycles. The van der Waals surface area contributed by atoms with Crippen LogP contribution >= 0.6 is 0 Å². The fourth-order valence-electron chi connectivity index (χ4n) is 1.56. The van der Waals surface area contributed by atoms with Crippen molar-refractivity contribution in [2.24, 2.45) is 0 Å². The molecular formula is C11H10NO. The highest BCUT2D eigenvalue weighted by atomic mass is 16.3. The number of hydrogen-bond acceptors (Lipinski definition) is 2. The van der Waals surface area contributed by atoms with Gasteiger partial charge in [-0.3, -0.25) is 0 Å². The third kappa shape index (κ3) is 1.43. The molecule has 1 saturated carbocycles. The average Bonchev–Trinajstić information content (AvgIpc) is 2.99. The Kier molecular flexibility index (Phi) is 2.03. The van der Waals surface area contributed by atoms with Crippen molar-refractivity contribution in [3.05, 3.63) is 41.5 Å². The Morgan fingerprint density at radius 1 is 1.46 bits per heavy atom. The fraction of sp³-hybridized carbons (Fsp3) is 0.273. The molecule has 2 rings (SSSR count). The molecule has 0 bridgehead atoms. The van der Waals surface area contributed by atoms with Gasteiger partial charge in [0.05, 0.1) is 11.6 Å².